The quantitative estimate of drug-likeness (QED) is 0.416. The van der Waals surface area contributed by atoms with Crippen molar-refractivity contribution in [1.29, 1.82) is 0 Å². The van der Waals surface area contributed by atoms with Crippen molar-refractivity contribution >= 4 is 29.0 Å². The second-order valence-corrected chi connectivity index (χ2v) is 10.4. The van der Waals surface area contributed by atoms with Gasteiger partial charge >= 0.3 is 6.03 Å². The molecule has 1 saturated heterocycles. The number of anilines is 3. The Morgan fingerprint density at radius 1 is 0.784 bits per heavy atom. The van der Waals surface area contributed by atoms with Crippen molar-refractivity contribution in [2.45, 2.75) is 52.0 Å². The number of nitrogens with zero attached hydrogens (tertiary/aromatic N) is 2. The van der Waals surface area contributed by atoms with Crippen molar-refractivity contribution in [3.05, 3.63) is 89.0 Å². The van der Waals surface area contributed by atoms with Crippen molar-refractivity contribution in [2.75, 3.05) is 35.2 Å². The molecule has 0 atom stereocenters. The first-order valence-corrected chi connectivity index (χ1v) is 13.4. The number of hydrogen-bond acceptors (Lipinski definition) is 3. The number of carbonyl (C=O) groups is 2. The van der Waals surface area contributed by atoms with E-state index in [4.69, 9.17) is 0 Å². The molecule has 2 aliphatic rings. The SMILES string of the molecule is CC(C)c1ccc(NC(=O)Nc2ccc(N3CCc4ccccc4C3)c(C(=O)N3CCCCC3)c2)cc1. The normalized spacial score (nSPS) is 15.3. The number of benzene rings is 3. The number of rotatable bonds is 5. The molecule has 1 fully saturated rings. The Kier molecular flexibility index (Phi) is 7.45. The van der Waals surface area contributed by atoms with E-state index in [0.29, 0.717) is 17.2 Å². The summed E-state index contributed by atoms with van der Waals surface area (Å²) in [5, 5.41) is 5.83. The first kappa shape index (κ1) is 24.9. The zero-order valence-corrected chi connectivity index (χ0v) is 21.8. The zero-order chi connectivity index (χ0) is 25.8. The lowest BCUT2D eigenvalue weighted by Crippen LogP contribution is -2.38. The van der Waals surface area contributed by atoms with Gasteiger partial charge in [0.25, 0.3) is 5.91 Å². The summed E-state index contributed by atoms with van der Waals surface area (Å²) in [6, 6.07) is 21.8. The lowest BCUT2D eigenvalue weighted by atomic mass is 9.98. The second-order valence-electron chi connectivity index (χ2n) is 10.4. The van der Waals surface area contributed by atoms with Crippen LogP contribution in [0.1, 0.15) is 66.1 Å². The number of likely N-dealkylation sites (tertiary alicyclic amines) is 1. The fourth-order valence-electron chi connectivity index (χ4n) is 5.27. The fraction of sp³-hybridized carbons (Fsp3) is 0.355. The number of hydrogen-bond donors (Lipinski definition) is 2. The van der Waals surface area contributed by atoms with Crippen LogP contribution in [0.3, 0.4) is 0 Å². The van der Waals surface area contributed by atoms with Gasteiger partial charge < -0.3 is 20.4 Å². The van der Waals surface area contributed by atoms with E-state index < -0.39 is 0 Å². The van der Waals surface area contributed by atoms with E-state index in [1.807, 2.05) is 47.4 Å². The second kappa shape index (κ2) is 11.1. The molecule has 3 amide bonds. The molecular formula is C31H36N4O2. The van der Waals surface area contributed by atoms with E-state index in [9.17, 15) is 9.59 Å². The number of piperidine rings is 1. The molecule has 0 aromatic heterocycles. The van der Waals surface area contributed by atoms with E-state index in [1.165, 1.54) is 23.1 Å². The van der Waals surface area contributed by atoms with Crippen molar-refractivity contribution in [3.8, 4) is 0 Å². The molecule has 0 aliphatic carbocycles. The van der Waals surface area contributed by atoms with Crippen LogP contribution in [0.15, 0.2) is 66.7 Å². The van der Waals surface area contributed by atoms with Crippen LogP contribution in [0.25, 0.3) is 0 Å². The van der Waals surface area contributed by atoms with E-state index in [0.717, 1.165) is 56.8 Å². The molecule has 37 heavy (non-hydrogen) atoms. The fourth-order valence-corrected chi connectivity index (χ4v) is 5.27. The third kappa shape index (κ3) is 5.79. The highest BCUT2D eigenvalue weighted by molar-refractivity contribution is 6.04. The summed E-state index contributed by atoms with van der Waals surface area (Å²) in [4.78, 5) is 30.7. The van der Waals surface area contributed by atoms with Crippen molar-refractivity contribution < 1.29 is 9.59 Å². The Morgan fingerprint density at radius 3 is 2.19 bits per heavy atom. The molecule has 3 aromatic rings. The minimum Gasteiger partial charge on any atom is -0.366 e. The third-order valence-corrected chi connectivity index (χ3v) is 7.43. The third-order valence-electron chi connectivity index (χ3n) is 7.43. The van der Waals surface area contributed by atoms with Crippen LogP contribution in [0.5, 0.6) is 0 Å². The first-order valence-electron chi connectivity index (χ1n) is 13.4. The molecule has 0 radical (unpaired) electrons. The Labute approximate surface area is 219 Å². The molecule has 6 heteroatoms. The van der Waals surface area contributed by atoms with Crippen LogP contribution >= 0.6 is 0 Å². The lowest BCUT2D eigenvalue weighted by molar-refractivity contribution is 0.0725. The first-order chi connectivity index (χ1) is 18.0. The summed E-state index contributed by atoms with van der Waals surface area (Å²) >= 11 is 0. The minimum absolute atomic E-state index is 0.0434. The molecule has 2 heterocycles. The van der Waals surface area contributed by atoms with Crippen LogP contribution in [0, 0.1) is 0 Å². The number of nitrogens with one attached hydrogen (secondary N) is 2. The Morgan fingerprint density at radius 2 is 1.46 bits per heavy atom. The monoisotopic (exact) mass is 496 g/mol. The van der Waals surface area contributed by atoms with Crippen LogP contribution in [0.4, 0.5) is 21.9 Å². The summed E-state index contributed by atoms with van der Waals surface area (Å²) < 4.78 is 0. The topological polar surface area (TPSA) is 64.7 Å². The van der Waals surface area contributed by atoms with Gasteiger partial charge in [-0.2, -0.15) is 0 Å². The van der Waals surface area contributed by atoms with Crippen LogP contribution in [-0.2, 0) is 13.0 Å². The number of fused-ring (bicyclic) bond motifs is 1. The van der Waals surface area contributed by atoms with Crippen LogP contribution < -0.4 is 15.5 Å². The summed E-state index contributed by atoms with van der Waals surface area (Å²) in [6.45, 7) is 7.48. The molecule has 0 bridgehead atoms. The van der Waals surface area contributed by atoms with Gasteiger partial charge in [-0.1, -0.05) is 50.2 Å². The highest BCUT2D eigenvalue weighted by Gasteiger charge is 2.25. The zero-order valence-electron chi connectivity index (χ0n) is 21.8. The highest BCUT2D eigenvalue weighted by Crippen LogP contribution is 2.31. The van der Waals surface area contributed by atoms with E-state index in [1.54, 1.807) is 0 Å². The smallest absolute Gasteiger partial charge is 0.323 e. The van der Waals surface area contributed by atoms with E-state index >= 15 is 0 Å². The summed E-state index contributed by atoms with van der Waals surface area (Å²) in [7, 11) is 0. The van der Waals surface area contributed by atoms with Gasteiger partial charge in [0.05, 0.1) is 5.56 Å². The molecular weight excluding hydrogens is 460 g/mol. The molecule has 0 spiro atoms. The molecule has 5 rings (SSSR count). The van der Waals surface area contributed by atoms with Gasteiger partial charge in [-0.05, 0) is 78.6 Å². The highest BCUT2D eigenvalue weighted by atomic mass is 16.2. The van der Waals surface area contributed by atoms with Crippen molar-refractivity contribution in [2.24, 2.45) is 0 Å². The van der Waals surface area contributed by atoms with Gasteiger partial charge in [0.1, 0.15) is 0 Å². The van der Waals surface area contributed by atoms with E-state index in [2.05, 4.69) is 53.6 Å². The van der Waals surface area contributed by atoms with Gasteiger partial charge in [-0.15, -0.1) is 0 Å². The molecule has 192 valence electrons. The van der Waals surface area contributed by atoms with Crippen LogP contribution in [0.2, 0.25) is 0 Å². The summed E-state index contributed by atoms with van der Waals surface area (Å²) in [5.74, 6) is 0.479. The predicted octanol–water partition coefficient (Wildman–Crippen LogP) is 6.64. The van der Waals surface area contributed by atoms with Gasteiger partial charge in [0, 0.05) is 43.2 Å². The molecule has 2 N–H and O–H groups in total. The van der Waals surface area contributed by atoms with Crippen molar-refractivity contribution in [1.82, 2.24) is 4.90 Å². The van der Waals surface area contributed by atoms with E-state index in [-0.39, 0.29) is 11.9 Å². The largest absolute Gasteiger partial charge is 0.366 e. The van der Waals surface area contributed by atoms with Crippen LogP contribution in [-0.4, -0.2) is 36.5 Å². The maximum Gasteiger partial charge on any atom is 0.323 e. The molecule has 3 aromatic carbocycles. The van der Waals surface area contributed by atoms with Crippen molar-refractivity contribution in [3.63, 3.8) is 0 Å². The number of amides is 3. The average molecular weight is 497 g/mol. The summed E-state index contributed by atoms with van der Waals surface area (Å²) in [6.07, 6.45) is 4.19. The van der Waals surface area contributed by atoms with Gasteiger partial charge in [-0.25, -0.2) is 4.79 Å². The Bertz CT molecular complexity index is 1260. The molecule has 2 aliphatic heterocycles. The molecule has 0 saturated carbocycles. The van der Waals surface area contributed by atoms with Gasteiger partial charge in [-0.3, -0.25) is 4.79 Å². The lowest BCUT2D eigenvalue weighted by Gasteiger charge is -2.34. The maximum atomic E-state index is 13.7. The molecule has 6 nitrogen and oxygen atoms in total. The standard InChI is InChI=1S/C31H36N4O2/c1-22(2)23-10-12-26(13-11-23)32-31(37)33-27-14-15-29(28(20-27)30(36)34-17-6-3-7-18-34)35-19-16-24-8-4-5-9-25(24)21-35/h4-5,8-15,20,22H,3,6-7,16-19,21H2,1-2H3,(H2,32,33,37). The maximum absolute atomic E-state index is 13.7. The average Bonchev–Trinajstić information content (AvgIpc) is 2.93. The van der Waals surface area contributed by atoms with Gasteiger partial charge in [0.2, 0.25) is 0 Å². The predicted molar refractivity (Wildman–Crippen MR) is 151 cm³/mol. The minimum atomic E-state index is -0.326. The van der Waals surface area contributed by atoms with Gasteiger partial charge in [0.15, 0.2) is 0 Å². The molecule has 0 unspecified atom stereocenters. The Hall–Kier alpha value is -3.80. The summed E-state index contributed by atoms with van der Waals surface area (Å²) in [5.41, 5.74) is 6.82. The number of urea groups is 1. The number of carbonyl (C=O) groups excluding carboxylic acids is 2. The Balaban J connectivity index is 1.37.